The maximum atomic E-state index is 12.9. The summed E-state index contributed by atoms with van der Waals surface area (Å²) in [4.78, 5) is 0. The summed E-state index contributed by atoms with van der Waals surface area (Å²) in [5, 5.41) is 0. The third-order valence-electron chi connectivity index (χ3n) is 2.39. The zero-order valence-corrected chi connectivity index (χ0v) is 9.72. The van der Waals surface area contributed by atoms with Gasteiger partial charge >= 0.3 is 0 Å². The highest BCUT2D eigenvalue weighted by Crippen LogP contribution is 2.11. The van der Waals surface area contributed by atoms with Crippen molar-refractivity contribution < 1.29 is 4.39 Å². The van der Waals surface area contributed by atoms with Gasteiger partial charge in [0.25, 0.3) is 0 Å². The molecule has 0 saturated carbocycles. The number of hydrogen-bond donors (Lipinski definition) is 1. The zero-order chi connectivity index (χ0) is 11.8. The van der Waals surface area contributed by atoms with E-state index in [0.29, 0.717) is 11.3 Å². The molecule has 0 saturated heterocycles. The molecule has 0 amide bonds. The van der Waals surface area contributed by atoms with E-state index in [4.69, 9.17) is 5.73 Å². The molecule has 1 nitrogen and oxygen atoms in total. The number of anilines is 1. The van der Waals surface area contributed by atoms with Crippen molar-refractivity contribution in [3.05, 3.63) is 29.6 Å². The van der Waals surface area contributed by atoms with E-state index in [1.165, 1.54) is 31.4 Å². The first kappa shape index (κ1) is 12.6. The highest BCUT2D eigenvalue weighted by Gasteiger charge is 1.96. The first-order chi connectivity index (χ1) is 7.74. The first-order valence-electron chi connectivity index (χ1n) is 5.78. The van der Waals surface area contributed by atoms with Crippen LogP contribution in [0.4, 0.5) is 10.1 Å². The van der Waals surface area contributed by atoms with Crippen molar-refractivity contribution in [2.24, 2.45) is 0 Å². The van der Waals surface area contributed by atoms with E-state index in [-0.39, 0.29) is 5.82 Å². The number of nitrogens with two attached hydrogens (primary N) is 1. The predicted molar refractivity (Wildman–Crippen MR) is 66.4 cm³/mol. The lowest BCUT2D eigenvalue weighted by Gasteiger charge is -1.97. The molecule has 2 heteroatoms. The van der Waals surface area contributed by atoms with Crippen LogP contribution >= 0.6 is 0 Å². The smallest absolute Gasteiger partial charge is 0.124 e. The molecule has 0 aliphatic carbocycles. The van der Waals surface area contributed by atoms with Gasteiger partial charge < -0.3 is 5.73 Å². The van der Waals surface area contributed by atoms with Gasteiger partial charge in [-0.2, -0.15) is 0 Å². The molecule has 86 valence electrons. The number of nitrogen functional groups attached to an aromatic ring is 1. The Hall–Kier alpha value is -1.49. The molecule has 0 unspecified atom stereocenters. The predicted octanol–water partition coefficient (Wildman–Crippen LogP) is 3.73. The summed E-state index contributed by atoms with van der Waals surface area (Å²) in [6, 6.07) is 4.28. The molecule has 16 heavy (non-hydrogen) atoms. The molecular formula is C14H18FN. The highest BCUT2D eigenvalue weighted by molar-refractivity contribution is 5.55. The largest absolute Gasteiger partial charge is 0.398 e. The van der Waals surface area contributed by atoms with E-state index >= 15 is 0 Å². The van der Waals surface area contributed by atoms with Crippen LogP contribution < -0.4 is 5.73 Å². The molecular weight excluding hydrogens is 201 g/mol. The summed E-state index contributed by atoms with van der Waals surface area (Å²) >= 11 is 0. The lowest BCUT2D eigenvalue weighted by atomic mass is 10.1. The van der Waals surface area contributed by atoms with Crippen molar-refractivity contribution in [2.75, 3.05) is 5.73 Å². The van der Waals surface area contributed by atoms with E-state index in [2.05, 4.69) is 18.8 Å². The monoisotopic (exact) mass is 219 g/mol. The summed E-state index contributed by atoms with van der Waals surface area (Å²) in [5.74, 6) is 5.66. The Morgan fingerprint density at radius 3 is 2.81 bits per heavy atom. The average Bonchev–Trinajstić information content (AvgIpc) is 2.28. The summed E-state index contributed by atoms with van der Waals surface area (Å²) < 4.78 is 12.9. The lowest BCUT2D eigenvalue weighted by Crippen LogP contribution is -1.90. The van der Waals surface area contributed by atoms with E-state index in [9.17, 15) is 4.39 Å². The van der Waals surface area contributed by atoms with Gasteiger partial charge in [0, 0.05) is 12.1 Å². The maximum Gasteiger partial charge on any atom is 0.124 e. The van der Waals surface area contributed by atoms with Crippen LogP contribution in [0.1, 0.15) is 44.6 Å². The minimum atomic E-state index is -0.288. The van der Waals surface area contributed by atoms with Crippen molar-refractivity contribution in [1.29, 1.82) is 0 Å². The van der Waals surface area contributed by atoms with Crippen molar-refractivity contribution in [3.8, 4) is 11.8 Å². The SMILES string of the molecule is CCCCCCC#Cc1cc(F)ccc1N. The van der Waals surface area contributed by atoms with Gasteiger partial charge in [0.05, 0.1) is 5.56 Å². The number of halogens is 1. The molecule has 0 heterocycles. The molecule has 1 aromatic carbocycles. The second-order valence-corrected chi connectivity index (χ2v) is 3.84. The minimum absolute atomic E-state index is 0.288. The van der Waals surface area contributed by atoms with Crippen LogP contribution in [0.3, 0.4) is 0 Å². The van der Waals surface area contributed by atoms with Gasteiger partial charge in [0.15, 0.2) is 0 Å². The van der Waals surface area contributed by atoms with Crippen molar-refractivity contribution in [3.63, 3.8) is 0 Å². The van der Waals surface area contributed by atoms with Gasteiger partial charge in [-0.1, -0.05) is 38.0 Å². The Morgan fingerprint density at radius 1 is 1.25 bits per heavy atom. The maximum absolute atomic E-state index is 12.9. The van der Waals surface area contributed by atoms with E-state index in [1.807, 2.05) is 0 Å². The van der Waals surface area contributed by atoms with Crippen molar-refractivity contribution in [1.82, 2.24) is 0 Å². The van der Waals surface area contributed by atoms with Crippen LogP contribution in [0, 0.1) is 17.7 Å². The Morgan fingerprint density at radius 2 is 2.06 bits per heavy atom. The van der Waals surface area contributed by atoms with Crippen molar-refractivity contribution in [2.45, 2.75) is 39.0 Å². The van der Waals surface area contributed by atoms with Gasteiger partial charge in [-0.3, -0.25) is 0 Å². The Labute approximate surface area is 96.9 Å². The highest BCUT2D eigenvalue weighted by atomic mass is 19.1. The molecule has 2 N–H and O–H groups in total. The van der Waals surface area contributed by atoms with Gasteiger partial charge in [0.2, 0.25) is 0 Å². The second kappa shape index (κ2) is 6.90. The molecule has 0 atom stereocenters. The third kappa shape index (κ3) is 4.35. The Bertz CT molecular complexity index is 387. The number of benzene rings is 1. The fourth-order valence-electron chi connectivity index (χ4n) is 1.43. The number of hydrogen-bond acceptors (Lipinski definition) is 1. The molecule has 0 spiro atoms. The fraction of sp³-hybridized carbons (Fsp3) is 0.429. The van der Waals surface area contributed by atoms with Gasteiger partial charge in [0.1, 0.15) is 5.82 Å². The molecule has 0 aliphatic heterocycles. The first-order valence-corrected chi connectivity index (χ1v) is 5.78. The number of rotatable bonds is 4. The Kier molecular flexibility index (Phi) is 5.42. The summed E-state index contributed by atoms with van der Waals surface area (Å²) in [6.07, 6.45) is 5.66. The van der Waals surface area contributed by atoms with Gasteiger partial charge in [-0.05, 0) is 24.6 Å². The normalized spacial score (nSPS) is 9.62. The van der Waals surface area contributed by atoms with E-state index in [1.54, 1.807) is 6.07 Å². The zero-order valence-electron chi connectivity index (χ0n) is 9.72. The lowest BCUT2D eigenvalue weighted by molar-refractivity contribution is 0.627. The molecule has 0 fully saturated rings. The standard InChI is InChI=1S/C14H18FN/c1-2-3-4-5-6-7-8-12-11-13(15)9-10-14(12)16/h9-11H,2-6,16H2,1H3. The van der Waals surface area contributed by atoms with E-state index < -0.39 is 0 Å². The Balaban J connectivity index is 2.46. The van der Waals surface area contributed by atoms with Crippen LogP contribution in [0.2, 0.25) is 0 Å². The summed E-state index contributed by atoms with van der Waals surface area (Å²) in [5.41, 5.74) is 6.82. The second-order valence-electron chi connectivity index (χ2n) is 3.84. The average molecular weight is 219 g/mol. The fourth-order valence-corrected chi connectivity index (χ4v) is 1.43. The topological polar surface area (TPSA) is 26.0 Å². The molecule has 1 rings (SSSR count). The van der Waals surface area contributed by atoms with Crippen molar-refractivity contribution >= 4 is 5.69 Å². The molecule has 0 aliphatic rings. The quantitative estimate of drug-likeness (QED) is 0.466. The van der Waals surface area contributed by atoms with E-state index in [0.717, 1.165) is 12.8 Å². The molecule has 0 aromatic heterocycles. The molecule has 0 bridgehead atoms. The molecule has 0 radical (unpaired) electrons. The summed E-state index contributed by atoms with van der Waals surface area (Å²) in [6.45, 7) is 2.18. The van der Waals surface area contributed by atoms with Crippen LogP contribution in [0.15, 0.2) is 18.2 Å². The summed E-state index contributed by atoms with van der Waals surface area (Å²) in [7, 11) is 0. The third-order valence-corrected chi connectivity index (χ3v) is 2.39. The van der Waals surface area contributed by atoms with Crippen LogP contribution in [-0.2, 0) is 0 Å². The van der Waals surface area contributed by atoms with Crippen LogP contribution in [0.5, 0.6) is 0 Å². The van der Waals surface area contributed by atoms with Gasteiger partial charge in [-0.15, -0.1) is 0 Å². The molecule has 1 aromatic rings. The van der Waals surface area contributed by atoms with Crippen LogP contribution in [-0.4, -0.2) is 0 Å². The van der Waals surface area contributed by atoms with Crippen LogP contribution in [0.25, 0.3) is 0 Å². The minimum Gasteiger partial charge on any atom is -0.398 e. The number of unbranched alkanes of at least 4 members (excludes halogenated alkanes) is 4. The van der Waals surface area contributed by atoms with Gasteiger partial charge in [-0.25, -0.2) is 4.39 Å².